The number of rotatable bonds is 8. The van der Waals surface area contributed by atoms with E-state index in [1.807, 2.05) is 20.8 Å². The zero-order valence-corrected chi connectivity index (χ0v) is 14.1. The second kappa shape index (κ2) is 8.42. The van der Waals surface area contributed by atoms with E-state index in [1.54, 1.807) is 0 Å². The van der Waals surface area contributed by atoms with E-state index in [0.717, 1.165) is 0 Å². The number of hydrogen-bond donors (Lipinski definition) is 0. The molecule has 1 saturated heterocycles. The summed E-state index contributed by atoms with van der Waals surface area (Å²) < 4.78 is 26.7. The third-order valence-corrected chi connectivity index (χ3v) is 3.28. The Morgan fingerprint density at radius 3 is 2.12 bits per heavy atom. The zero-order chi connectivity index (χ0) is 17.5. The second-order valence-corrected chi connectivity index (χ2v) is 4.95. The topological polar surface area (TPSA) is 80.3 Å². The van der Waals surface area contributed by atoms with Crippen molar-refractivity contribution in [2.24, 2.45) is 0 Å². The van der Waals surface area contributed by atoms with Gasteiger partial charge in [-0.05, 0) is 32.9 Å². The minimum absolute atomic E-state index is 0.227. The second-order valence-electron chi connectivity index (χ2n) is 4.95. The van der Waals surface area contributed by atoms with Crippen molar-refractivity contribution < 1.29 is 33.3 Å². The summed E-state index contributed by atoms with van der Waals surface area (Å²) in [6.07, 6.45) is -0.506. The van der Waals surface area contributed by atoms with Crippen LogP contribution in [0.3, 0.4) is 0 Å². The first-order valence-electron chi connectivity index (χ1n) is 8.04. The van der Waals surface area contributed by atoms with Crippen molar-refractivity contribution in [1.82, 2.24) is 0 Å². The van der Waals surface area contributed by atoms with Crippen molar-refractivity contribution in [3.8, 4) is 17.2 Å². The van der Waals surface area contributed by atoms with Crippen LogP contribution in [-0.4, -0.2) is 44.5 Å². The number of cyclic esters (lactones) is 1. The van der Waals surface area contributed by atoms with Crippen LogP contribution in [0.1, 0.15) is 37.6 Å². The Labute approximate surface area is 140 Å². The minimum Gasteiger partial charge on any atom is -0.490 e. The monoisotopic (exact) mass is 338 g/mol. The Bertz CT molecular complexity index is 570. The molecule has 1 unspecified atom stereocenters. The van der Waals surface area contributed by atoms with E-state index >= 15 is 0 Å². The number of hydrogen-bond acceptors (Lipinski definition) is 7. The molecule has 0 radical (unpaired) electrons. The Hall–Kier alpha value is -2.44. The summed E-state index contributed by atoms with van der Waals surface area (Å²) in [6.45, 7) is 7.00. The molecule has 1 heterocycles. The van der Waals surface area contributed by atoms with Crippen LogP contribution in [0.5, 0.6) is 17.2 Å². The van der Waals surface area contributed by atoms with Crippen LogP contribution in [-0.2, 0) is 14.3 Å². The van der Waals surface area contributed by atoms with Gasteiger partial charge in [-0.15, -0.1) is 0 Å². The maximum atomic E-state index is 12.3. The summed E-state index contributed by atoms with van der Waals surface area (Å²) >= 11 is 0. The highest BCUT2D eigenvalue weighted by atomic mass is 16.6. The average Bonchev–Trinajstić information content (AvgIpc) is 2.95. The fourth-order valence-corrected chi connectivity index (χ4v) is 2.29. The summed E-state index contributed by atoms with van der Waals surface area (Å²) in [4.78, 5) is 23.8. The van der Waals surface area contributed by atoms with Crippen LogP contribution in [0.4, 0.5) is 0 Å². The fourth-order valence-electron chi connectivity index (χ4n) is 2.29. The summed E-state index contributed by atoms with van der Waals surface area (Å²) in [5.74, 6) is 0.0728. The quantitative estimate of drug-likeness (QED) is 0.673. The average molecular weight is 338 g/mol. The van der Waals surface area contributed by atoms with Gasteiger partial charge in [-0.3, -0.25) is 0 Å². The Morgan fingerprint density at radius 2 is 1.67 bits per heavy atom. The maximum Gasteiger partial charge on any atom is 0.347 e. The molecular formula is C17H22O7. The zero-order valence-electron chi connectivity index (χ0n) is 14.1. The molecule has 1 aliphatic rings. The molecule has 0 aliphatic carbocycles. The Kier molecular flexibility index (Phi) is 6.28. The molecule has 1 aliphatic heterocycles. The first-order valence-corrected chi connectivity index (χ1v) is 8.04. The molecule has 24 heavy (non-hydrogen) atoms. The summed E-state index contributed by atoms with van der Waals surface area (Å²) in [7, 11) is 0. The maximum absolute atomic E-state index is 12.3. The first-order chi connectivity index (χ1) is 11.6. The van der Waals surface area contributed by atoms with Crippen LogP contribution in [0.25, 0.3) is 0 Å². The molecule has 132 valence electrons. The van der Waals surface area contributed by atoms with Crippen molar-refractivity contribution in [2.45, 2.75) is 33.3 Å². The Morgan fingerprint density at radius 1 is 1.08 bits per heavy atom. The van der Waals surface area contributed by atoms with Gasteiger partial charge in [0, 0.05) is 6.42 Å². The van der Waals surface area contributed by atoms with Crippen LogP contribution < -0.4 is 14.2 Å². The summed E-state index contributed by atoms with van der Waals surface area (Å²) in [5.41, 5.74) is 0.227. The van der Waals surface area contributed by atoms with Gasteiger partial charge in [-0.25, -0.2) is 9.59 Å². The fraction of sp³-hybridized carbons (Fsp3) is 0.529. The van der Waals surface area contributed by atoms with Gasteiger partial charge in [0.25, 0.3) is 0 Å². The molecule has 1 atom stereocenters. The molecule has 1 fully saturated rings. The highest BCUT2D eigenvalue weighted by Gasteiger charge is 2.31. The molecule has 2 rings (SSSR count). The van der Waals surface area contributed by atoms with Crippen molar-refractivity contribution in [2.75, 3.05) is 26.4 Å². The molecule has 0 bridgehead atoms. The largest absolute Gasteiger partial charge is 0.490 e. The van der Waals surface area contributed by atoms with E-state index < -0.39 is 18.0 Å². The molecular weight excluding hydrogens is 316 g/mol. The van der Waals surface area contributed by atoms with Crippen LogP contribution in [0, 0.1) is 0 Å². The van der Waals surface area contributed by atoms with Crippen molar-refractivity contribution in [3.05, 3.63) is 17.7 Å². The van der Waals surface area contributed by atoms with Crippen molar-refractivity contribution >= 4 is 11.9 Å². The van der Waals surface area contributed by atoms with Gasteiger partial charge in [0.1, 0.15) is 0 Å². The van der Waals surface area contributed by atoms with E-state index in [9.17, 15) is 9.59 Å². The SMILES string of the molecule is CCOc1cc(C(=O)OC2CCOC2=O)cc(OCC)c1OCC. The number of carbonyl (C=O) groups excluding carboxylic acids is 2. The predicted molar refractivity (Wildman–Crippen MR) is 84.7 cm³/mol. The van der Waals surface area contributed by atoms with E-state index in [2.05, 4.69) is 0 Å². The number of ether oxygens (including phenoxy) is 5. The molecule has 0 aromatic heterocycles. The number of esters is 2. The molecule has 1 aromatic rings. The van der Waals surface area contributed by atoms with Gasteiger partial charge in [0.2, 0.25) is 11.9 Å². The number of benzene rings is 1. The summed E-state index contributed by atoms with van der Waals surface area (Å²) in [5, 5.41) is 0. The van der Waals surface area contributed by atoms with E-state index in [1.165, 1.54) is 12.1 Å². The van der Waals surface area contributed by atoms with Crippen LogP contribution in [0.15, 0.2) is 12.1 Å². The lowest BCUT2D eigenvalue weighted by molar-refractivity contribution is -0.145. The third kappa shape index (κ3) is 4.10. The lowest BCUT2D eigenvalue weighted by Gasteiger charge is -2.17. The van der Waals surface area contributed by atoms with Gasteiger partial charge in [0.05, 0.1) is 32.0 Å². The smallest absolute Gasteiger partial charge is 0.347 e. The third-order valence-electron chi connectivity index (χ3n) is 3.28. The van der Waals surface area contributed by atoms with E-state index in [4.69, 9.17) is 23.7 Å². The first kappa shape index (κ1) is 17.9. The summed E-state index contributed by atoms with van der Waals surface area (Å²) in [6, 6.07) is 3.05. The minimum atomic E-state index is -0.866. The van der Waals surface area contributed by atoms with Crippen LogP contribution >= 0.6 is 0 Å². The highest BCUT2D eigenvalue weighted by molar-refractivity contribution is 5.93. The lowest BCUT2D eigenvalue weighted by Crippen LogP contribution is -2.22. The lowest BCUT2D eigenvalue weighted by atomic mass is 10.1. The molecule has 0 spiro atoms. The van der Waals surface area contributed by atoms with E-state index in [-0.39, 0.29) is 12.2 Å². The molecule has 1 aromatic carbocycles. The number of carbonyl (C=O) groups is 2. The van der Waals surface area contributed by atoms with E-state index in [0.29, 0.717) is 43.5 Å². The van der Waals surface area contributed by atoms with Gasteiger partial charge >= 0.3 is 11.9 Å². The van der Waals surface area contributed by atoms with Crippen molar-refractivity contribution in [3.63, 3.8) is 0 Å². The standard InChI is InChI=1S/C17H22O7/c1-4-20-13-9-11(10-14(21-5-2)15(13)22-6-3)16(18)24-12-7-8-23-17(12)19/h9-10,12H,4-8H2,1-3H3. The van der Waals surface area contributed by atoms with Gasteiger partial charge < -0.3 is 23.7 Å². The van der Waals surface area contributed by atoms with Gasteiger partial charge in [-0.2, -0.15) is 0 Å². The highest BCUT2D eigenvalue weighted by Crippen LogP contribution is 2.39. The predicted octanol–water partition coefficient (Wildman–Crippen LogP) is 2.36. The molecule has 0 amide bonds. The normalized spacial score (nSPS) is 16.5. The van der Waals surface area contributed by atoms with Gasteiger partial charge in [0.15, 0.2) is 11.5 Å². The molecule has 0 N–H and O–H groups in total. The molecule has 0 saturated carbocycles. The van der Waals surface area contributed by atoms with Crippen LogP contribution in [0.2, 0.25) is 0 Å². The van der Waals surface area contributed by atoms with Crippen molar-refractivity contribution in [1.29, 1.82) is 0 Å². The van der Waals surface area contributed by atoms with Gasteiger partial charge in [-0.1, -0.05) is 0 Å². The Balaban J connectivity index is 2.30. The molecule has 7 heteroatoms. The molecule has 7 nitrogen and oxygen atoms in total.